The highest BCUT2D eigenvalue weighted by atomic mass is 35.5. The van der Waals surface area contributed by atoms with Gasteiger partial charge in [-0.15, -0.1) is 8.80 Å². The van der Waals surface area contributed by atoms with E-state index >= 15 is 0 Å². The standard InChI is InChI=1S/C19H26ClN5O5S2/c1-9(2)11-7-14(30-8-11)15(10(3)4)23-19-18(24-31(27)25-19)22-13-6-5-12(20)17(16(13)26)32(21,28)29/h5,7-10,13,15,26H,6H2,1-4H3,(H,22,24)(H,23,25)(H2,21,28,29)/t13?,15-,31?/m1/s1. The third kappa shape index (κ3) is 5.25. The molecule has 2 heterocycles. The quantitative estimate of drug-likeness (QED) is 0.464. The zero-order chi connectivity index (χ0) is 23.8. The van der Waals surface area contributed by atoms with Gasteiger partial charge < -0.3 is 20.2 Å². The van der Waals surface area contributed by atoms with Gasteiger partial charge in [-0.25, -0.2) is 17.8 Å². The lowest BCUT2D eigenvalue weighted by Crippen LogP contribution is -2.46. The van der Waals surface area contributed by atoms with E-state index in [0.29, 0.717) is 11.7 Å². The first-order valence-corrected chi connectivity index (χ1v) is 12.9. The molecule has 0 bridgehead atoms. The maximum atomic E-state index is 12.1. The Hall–Kier alpha value is -2.15. The number of nitrogens with one attached hydrogen (secondary N) is 2. The largest absolute Gasteiger partial charge is 0.509 e. The van der Waals surface area contributed by atoms with Crippen LogP contribution in [0.4, 0.5) is 0 Å². The van der Waals surface area contributed by atoms with Crippen LogP contribution in [0.5, 0.6) is 0 Å². The summed E-state index contributed by atoms with van der Waals surface area (Å²) >= 11 is 4.04. The van der Waals surface area contributed by atoms with Crippen LogP contribution in [0, 0.1) is 5.92 Å². The molecule has 0 radical (unpaired) electrons. The predicted molar refractivity (Wildman–Crippen MR) is 125 cm³/mol. The van der Waals surface area contributed by atoms with Gasteiger partial charge in [-0.05, 0) is 29.9 Å². The molecule has 1 aliphatic heterocycles. The number of nitrogens with zero attached hydrogens (tertiary/aromatic N) is 2. The number of amidine groups is 2. The smallest absolute Gasteiger partial charge is 0.269 e. The lowest BCUT2D eigenvalue weighted by atomic mass is 9.99. The van der Waals surface area contributed by atoms with Crippen molar-refractivity contribution in [3.8, 4) is 0 Å². The van der Waals surface area contributed by atoms with Crippen molar-refractivity contribution in [3.05, 3.63) is 45.4 Å². The number of nitrogens with two attached hydrogens (primary N) is 1. The minimum atomic E-state index is -4.25. The van der Waals surface area contributed by atoms with Crippen molar-refractivity contribution in [2.24, 2.45) is 19.9 Å². The first kappa shape index (κ1) is 24.5. The molecule has 2 aliphatic rings. The number of sulfonamides is 1. The molecule has 32 heavy (non-hydrogen) atoms. The molecule has 0 spiro atoms. The van der Waals surface area contributed by atoms with Crippen LogP contribution in [-0.4, -0.2) is 35.4 Å². The number of furan rings is 1. The van der Waals surface area contributed by atoms with Crippen LogP contribution < -0.4 is 15.8 Å². The van der Waals surface area contributed by atoms with Crippen molar-refractivity contribution in [2.45, 2.75) is 52.1 Å². The average Bonchev–Trinajstić information content (AvgIpc) is 3.27. The third-order valence-electron chi connectivity index (χ3n) is 5.04. The molecule has 1 aromatic rings. The second-order valence-corrected chi connectivity index (χ2v) is 10.9. The van der Waals surface area contributed by atoms with Crippen molar-refractivity contribution in [1.29, 1.82) is 0 Å². The molecule has 13 heteroatoms. The number of aliphatic hydroxyl groups is 1. The molecule has 0 saturated heterocycles. The van der Waals surface area contributed by atoms with Crippen LogP contribution in [0.2, 0.25) is 0 Å². The molecule has 176 valence electrons. The maximum absolute atomic E-state index is 12.1. The highest BCUT2D eigenvalue weighted by molar-refractivity contribution is 7.93. The number of rotatable bonds is 6. The van der Waals surface area contributed by atoms with E-state index in [1.807, 2.05) is 19.9 Å². The van der Waals surface area contributed by atoms with Gasteiger partial charge in [0, 0.05) is 0 Å². The summed E-state index contributed by atoms with van der Waals surface area (Å²) in [5.74, 6) is 0.835. The molecule has 0 saturated carbocycles. The number of primary sulfonamides is 1. The highest BCUT2D eigenvalue weighted by Gasteiger charge is 2.33. The highest BCUT2D eigenvalue weighted by Crippen LogP contribution is 2.30. The fraction of sp³-hybridized carbons (Fsp3) is 0.474. The van der Waals surface area contributed by atoms with Gasteiger partial charge in [-0.3, -0.25) is 0 Å². The third-order valence-corrected chi connectivity index (χ3v) is 7.17. The lowest BCUT2D eigenvalue weighted by molar-refractivity contribution is 0.351. The van der Waals surface area contributed by atoms with Crippen molar-refractivity contribution in [2.75, 3.05) is 0 Å². The molecular formula is C19H26ClN5O5S2. The van der Waals surface area contributed by atoms with Crippen LogP contribution in [0.3, 0.4) is 0 Å². The number of hydrogen-bond donors (Lipinski definition) is 4. The molecule has 3 rings (SSSR count). The second kappa shape index (κ2) is 9.38. The molecule has 0 aromatic carbocycles. The van der Waals surface area contributed by atoms with E-state index in [1.54, 1.807) is 6.26 Å². The van der Waals surface area contributed by atoms with Crippen LogP contribution in [0.15, 0.2) is 47.3 Å². The number of halogens is 1. The summed E-state index contributed by atoms with van der Waals surface area (Å²) in [7, 11) is -4.25. The van der Waals surface area contributed by atoms with Crippen LogP contribution >= 0.6 is 11.6 Å². The summed E-state index contributed by atoms with van der Waals surface area (Å²) in [5, 5.41) is 21.6. The zero-order valence-corrected chi connectivity index (χ0v) is 20.4. The van der Waals surface area contributed by atoms with Crippen molar-refractivity contribution in [3.63, 3.8) is 0 Å². The average molecular weight is 504 g/mol. The second-order valence-electron chi connectivity index (χ2n) is 8.16. The number of aliphatic hydroxyl groups excluding tert-OH is 1. The van der Waals surface area contributed by atoms with Crippen molar-refractivity contribution in [1.82, 2.24) is 10.6 Å². The van der Waals surface area contributed by atoms with Crippen LogP contribution in [-0.2, 0) is 21.2 Å². The van der Waals surface area contributed by atoms with Gasteiger partial charge >= 0.3 is 0 Å². The van der Waals surface area contributed by atoms with Crippen molar-refractivity contribution < 1.29 is 22.2 Å². The molecule has 2 unspecified atom stereocenters. The Labute approximate surface area is 194 Å². The summed E-state index contributed by atoms with van der Waals surface area (Å²) in [4.78, 5) is -0.564. The topological polar surface area (TPSA) is 159 Å². The van der Waals surface area contributed by atoms with Gasteiger partial charge in [-0.1, -0.05) is 45.4 Å². The number of allylic oxidation sites excluding steroid dienone is 1. The monoisotopic (exact) mass is 503 g/mol. The molecule has 10 nitrogen and oxygen atoms in total. The van der Waals surface area contributed by atoms with Gasteiger partial charge in [0.25, 0.3) is 11.2 Å². The van der Waals surface area contributed by atoms with Crippen molar-refractivity contribution >= 4 is 44.5 Å². The summed E-state index contributed by atoms with van der Waals surface area (Å²) in [6, 6.07) is 0.758. The minimum absolute atomic E-state index is 0.0813. The van der Waals surface area contributed by atoms with E-state index < -0.39 is 37.9 Å². The Morgan fingerprint density at radius 3 is 2.50 bits per heavy atom. The van der Waals surface area contributed by atoms with Gasteiger partial charge in [0.05, 0.1) is 23.4 Å². The maximum Gasteiger partial charge on any atom is 0.269 e. The van der Waals surface area contributed by atoms with E-state index in [9.17, 15) is 17.7 Å². The molecule has 1 aliphatic carbocycles. The minimum Gasteiger partial charge on any atom is -0.509 e. The van der Waals surface area contributed by atoms with Gasteiger partial charge in [0.1, 0.15) is 16.4 Å². The molecular weight excluding hydrogens is 478 g/mol. The Bertz CT molecular complexity index is 1150. The SMILES string of the molecule is CC(C)c1coc([C@H](NC2=NS(=O)N=C2NC2CC=C(Cl)C(S(N)(=O)=O)=C2O)C(C)C)c1. The normalized spacial score (nSPS) is 22.7. The first-order valence-electron chi connectivity index (χ1n) is 9.91. The fourth-order valence-corrected chi connectivity index (χ4v) is 5.21. The van der Waals surface area contributed by atoms with E-state index in [0.717, 1.165) is 5.56 Å². The van der Waals surface area contributed by atoms with Crippen LogP contribution in [0.1, 0.15) is 57.4 Å². The van der Waals surface area contributed by atoms with Gasteiger partial charge in [0.2, 0.25) is 10.0 Å². The van der Waals surface area contributed by atoms with E-state index in [4.69, 9.17) is 21.2 Å². The predicted octanol–water partition coefficient (Wildman–Crippen LogP) is 2.62. The summed E-state index contributed by atoms with van der Waals surface area (Å²) in [5.41, 5.74) is 1.05. The number of hydrogen-bond acceptors (Lipinski definition) is 7. The molecule has 5 N–H and O–H groups in total. The Morgan fingerprint density at radius 2 is 1.94 bits per heavy atom. The Kier molecular flexibility index (Phi) is 7.18. The first-order chi connectivity index (χ1) is 14.9. The van der Waals surface area contributed by atoms with E-state index in [1.165, 1.54) is 6.08 Å². The molecule has 0 amide bonds. The zero-order valence-electron chi connectivity index (χ0n) is 18.0. The van der Waals surface area contributed by atoms with Gasteiger partial charge in [-0.2, -0.15) is 0 Å². The molecule has 0 fully saturated rings. The molecule has 1 aromatic heterocycles. The van der Waals surface area contributed by atoms with E-state index in [2.05, 4.69) is 33.3 Å². The summed E-state index contributed by atoms with van der Waals surface area (Å²) < 4.78 is 49.4. The Balaban J connectivity index is 1.84. The molecule has 3 atom stereocenters. The van der Waals surface area contributed by atoms with Crippen LogP contribution in [0.25, 0.3) is 0 Å². The summed E-state index contributed by atoms with van der Waals surface area (Å²) in [6.07, 6.45) is 3.28. The fourth-order valence-electron chi connectivity index (χ4n) is 3.28. The lowest BCUT2D eigenvalue weighted by Gasteiger charge is -2.25. The van der Waals surface area contributed by atoms with E-state index in [-0.39, 0.29) is 35.1 Å². The Morgan fingerprint density at radius 1 is 1.28 bits per heavy atom. The summed E-state index contributed by atoms with van der Waals surface area (Å²) in [6.45, 7) is 8.11. The van der Waals surface area contributed by atoms with Gasteiger partial charge in [0.15, 0.2) is 11.7 Å².